The van der Waals surface area contributed by atoms with Gasteiger partial charge in [0.15, 0.2) is 0 Å². The smallest absolute Gasteiger partial charge is 0.222 e. The quantitative estimate of drug-likeness (QED) is 0.910. The first-order valence-corrected chi connectivity index (χ1v) is 6.72. The Morgan fingerprint density at radius 1 is 1.29 bits per heavy atom. The van der Waals surface area contributed by atoms with E-state index in [9.17, 15) is 4.79 Å². The van der Waals surface area contributed by atoms with Crippen LogP contribution in [-0.2, 0) is 11.3 Å². The Hall–Kier alpha value is -0.870. The lowest BCUT2D eigenvalue weighted by molar-refractivity contribution is -0.131. The highest BCUT2D eigenvalue weighted by molar-refractivity contribution is 9.10. The van der Waals surface area contributed by atoms with Gasteiger partial charge in [-0.25, -0.2) is 0 Å². The van der Waals surface area contributed by atoms with E-state index >= 15 is 0 Å². The molecule has 1 heterocycles. The summed E-state index contributed by atoms with van der Waals surface area (Å²) in [6.45, 7) is 1.47. The van der Waals surface area contributed by atoms with Crippen molar-refractivity contribution in [3.05, 3.63) is 34.3 Å². The van der Waals surface area contributed by atoms with Gasteiger partial charge in [0.25, 0.3) is 0 Å². The van der Waals surface area contributed by atoms with E-state index in [1.807, 2.05) is 29.2 Å². The number of likely N-dealkylation sites (tertiary alicyclic amines) is 1. The number of amides is 1. The lowest BCUT2D eigenvalue weighted by atomic mass is 10.1. The molecule has 0 aliphatic carbocycles. The van der Waals surface area contributed by atoms with Crippen molar-refractivity contribution in [2.45, 2.75) is 31.8 Å². The van der Waals surface area contributed by atoms with Gasteiger partial charge in [0, 0.05) is 30.0 Å². The predicted octanol–water partition coefficient (Wildman–Crippen LogP) is 2.29. The lowest BCUT2D eigenvalue weighted by Gasteiger charge is -2.20. The van der Waals surface area contributed by atoms with Gasteiger partial charge < -0.3 is 10.6 Å². The summed E-state index contributed by atoms with van der Waals surface area (Å²) < 4.78 is 1.06. The first-order chi connectivity index (χ1) is 8.15. The van der Waals surface area contributed by atoms with Crippen molar-refractivity contribution in [3.8, 4) is 0 Å². The largest absolute Gasteiger partial charge is 0.338 e. The van der Waals surface area contributed by atoms with Crippen LogP contribution in [-0.4, -0.2) is 23.4 Å². The minimum Gasteiger partial charge on any atom is -0.338 e. The van der Waals surface area contributed by atoms with Gasteiger partial charge in [-0.2, -0.15) is 0 Å². The molecule has 0 spiro atoms. The number of halogens is 1. The van der Waals surface area contributed by atoms with E-state index in [0.717, 1.165) is 29.4 Å². The molecule has 1 unspecified atom stereocenters. The molecule has 4 heteroatoms. The molecule has 17 heavy (non-hydrogen) atoms. The second kappa shape index (κ2) is 5.65. The first-order valence-electron chi connectivity index (χ1n) is 5.93. The molecule has 0 radical (unpaired) electrons. The normalized spacial score (nSPS) is 21.4. The van der Waals surface area contributed by atoms with Crippen LogP contribution in [0.2, 0.25) is 0 Å². The average molecular weight is 297 g/mol. The number of nitrogens with zero attached hydrogens (tertiary/aromatic N) is 1. The Labute approximate surface area is 110 Å². The maximum absolute atomic E-state index is 11.9. The third-order valence-electron chi connectivity index (χ3n) is 3.14. The summed E-state index contributed by atoms with van der Waals surface area (Å²) >= 11 is 3.41. The van der Waals surface area contributed by atoms with Crippen molar-refractivity contribution in [1.82, 2.24) is 4.90 Å². The summed E-state index contributed by atoms with van der Waals surface area (Å²) in [4.78, 5) is 13.8. The Morgan fingerprint density at radius 3 is 2.71 bits per heavy atom. The van der Waals surface area contributed by atoms with E-state index in [2.05, 4.69) is 15.9 Å². The van der Waals surface area contributed by atoms with Crippen LogP contribution < -0.4 is 5.73 Å². The molecular formula is C13H17BrN2O. The summed E-state index contributed by atoms with van der Waals surface area (Å²) in [5, 5.41) is 0. The lowest BCUT2D eigenvalue weighted by Crippen LogP contribution is -2.30. The zero-order chi connectivity index (χ0) is 12.3. The van der Waals surface area contributed by atoms with E-state index in [1.165, 1.54) is 0 Å². The molecule has 0 saturated carbocycles. The van der Waals surface area contributed by atoms with Gasteiger partial charge in [-0.3, -0.25) is 4.79 Å². The number of benzene rings is 1. The second-order valence-corrected chi connectivity index (χ2v) is 5.44. The standard InChI is InChI=1S/C13H17BrN2O/c14-11-3-1-10(2-4-11)9-16-8-7-12(15)5-6-13(16)17/h1-4,12H,5-9,15H2. The molecule has 1 aliphatic heterocycles. The monoisotopic (exact) mass is 296 g/mol. The van der Waals surface area contributed by atoms with E-state index in [-0.39, 0.29) is 11.9 Å². The van der Waals surface area contributed by atoms with Gasteiger partial charge >= 0.3 is 0 Å². The number of rotatable bonds is 2. The topological polar surface area (TPSA) is 46.3 Å². The molecule has 2 N–H and O–H groups in total. The highest BCUT2D eigenvalue weighted by atomic mass is 79.9. The predicted molar refractivity (Wildman–Crippen MR) is 71.4 cm³/mol. The van der Waals surface area contributed by atoms with Crippen LogP contribution in [0.15, 0.2) is 28.7 Å². The molecule has 1 amide bonds. The number of nitrogens with two attached hydrogens (primary N) is 1. The molecular weight excluding hydrogens is 280 g/mol. The minimum absolute atomic E-state index is 0.175. The number of hydrogen-bond acceptors (Lipinski definition) is 2. The van der Waals surface area contributed by atoms with Gasteiger partial charge in [-0.05, 0) is 30.5 Å². The maximum Gasteiger partial charge on any atom is 0.222 e. The van der Waals surface area contributed by atoms with Gasteiger partial charge in [0.1, 0.15) is 0 Å². The van der Waals surface area contributed by atoms with Crippen molar-refractivity contribution in [3.63, 3.8) is 0 Å². The van der Waals surface area contributed by atoms with Crippen LogP contribution in [0.1, 0.15) is 24.8 Å². The molecule has 1 aromatic carbocycles. The fourth-order valence-corrected chi connectivity index (χ4v) is 2.30. The number of hydrogen-bond donors (Lipinski definition) is 1. The molecule has 1 atom stereocenters. The molecule has 92 valence electrons. The summed E-state index contributed by atoms with van der Waals surface area (Å²) in [7, 11) is 0. The van der Waals surface area contributed by atoms with E-state index in [0.29, 0.717) is 13.0 Å². The van der Waals surface area contributed by atoms with Gasteiger partial charge in [0.05, 0.1) is 0 Å². The van der Waals surface area contributed by atoms with E-state index in [1.54, 1.807) is 0 Å². The third kappa shape index (κ3) is 3.54. The van der Waals surface area contributed by atoms with Crippen molar-refractivity contribution in [2.75, 3.05) is 6.54 Å². The minimum atomic E-state index is 0.175. The van der Waals surface area contributed by atoms with Crippen LogP contribution in [0.5, 0.6) is 0 Å². The van der Waals surface area contributed by atoms with Crippen LogP contribution in [0.4, 0.5) is 0 Å². The summed E-state index contributed by atoms with van der Waals surface area (Å²) in [5.41, 5.74) is 7.05. The van der Waals surface area contributed by atoms with Crippen molar-refractivity contribution < 1.29 is 4.79 Å². The zero-order valence-electron chi connectivity index (χ0n) is 9.73. The van der Waals surface area contributed by atoms with Crippen LogP contribution >= 0.6 is 15.9 Å². The summed E-state index contributed by atoms with van der Waals surface area (Å²) in [6.07, 6.45) is 2.30. The second-order valence-electron chi connectivity index (χ2n) is 4.53. The Balaban J connectivity index is 2.01. The molecule has 1 aliphatic rings. The van der Waals surface area contributed by atoms with Crippen molar-refractivity contribution in [1.29, 1.82) is 0 Å². The fraction of sp³-hybridized carbons (Fsp3) is 0.462. The molecule has 3 nitrogen and oxygen atoms in total. The van der Waals surface area contributed by atoms with Gasteiger partial charge in [-0.15, -0.1) is 0 Å². The Bertz CT molecular complexity index is 391. The van der Waals surface area contributed by atoms with E-state index in [4.69, 9.17) is 5.73 Å². The molecule has 1 saturated heterocycles. The average Bonchev–Trinajstić information content (AvgIpc) is 2.47. The Morgan fingerprint density at radius 2 is 2.00 bits per heavy atom. The van der Waals surface area contributed by atoms with Gasteiger partial charge in [-0.1, -0.05) is 28.1 Å². The molecule has 1 aromatic rings. The molecule has 0 aromatic heterocycles. The fourth-order valence-electron chi connectivity index (χ4n) is 2.04. The third-order valence-corrected chi connectivity index (χ3v) is 3.67. The zero-order valence-corrected chi connectivity index (χ0v) is 11.3. The first kappa shape index (κ1) is 12.6. The highest BCUT2D eigenvalue weighted by Crippen LogP contribution is 2.16. The molecule has 2 rings (SSSR count). The van der Waals surface area contributed by atoms with Crippen molar-refractivity contribution >= 4 is 21.8 Å². The number of carbonyl (C=O) groups excluding carboxylic acids is 1. The van der Waals surface area contributed by atoms with Crippen LogP contribution in [0.25, 0.3) is 0 Å². The van der Waals surface area contributed by atoms with Crippen molar-refractivity contribution in [2.24, 2.45) is 5.73 Å². The van der Waals surface area contributed by atoms with E-state index < -0.39 is 0 Å². The molecule has 1 fully saturated rings. The molecule has 0 bridgehead atoms. The summed E-state index contributed by atoms with van der Waals surface area (Å²) in [5.74, 6) is 0.223. The number of carbonyl (C=O) groups is 1. The SMILES string of the molecule is NC1CCC(=O)N(Cc2ccc(Br)cc2)CC1. The maximum atomic E-state index is 11.9. The van der Waals surface area contributed by atoms with Crippen LogP contribution in [0, 0.1) is 0 Å². The summed E-state index contributed by atoms with van der Waals surface area (Å²) in [6, 6.07) is 8.27. The Kier molecular flexibility index (Phi) is 4.18. The van der Waals surface area contributed by atoms with Gasteiger partial charge in [0.2, 0.25) is 5.91 Å². The highest BCUT2D eigenvalue weighted by Gasteiger charge is 2.20. The van der Waals surface area contributed by atoms with Crippen LogP contribution in [0.3, 0.4) is 0 Å².